The lowest BCUT2D eigenvalue weighted by Gasteiger charge is -2.33. The van der Waals surface area contributed by atoms with E-state index in [1.807, 2.05) is 17.9 Å². The highest BCUT2D eigenvalue weighted by Gasteiger charge is 2.44. The van der Waals surface area contributed by atoms with Crippen LogP contribution < -0.4 is 10.6 Å². The van der Waals surface area contributed by atoms with Gasteiger partial charge in [0.15, 0.2) is 0 Å². The van der Waals surface area contributed by atoms with Gasteiger partial charge >= 0.3 is 0 Å². The molecule has 0 spiro atoms. The van der Waals surface area contributed by atoms with Crippen LogP contribution in [0.3, 0.4) is 0 Å². The summed E-state index contributed by atoms with van der Waals surface area (Å²) in [6, 6.07) is 4.79. The van der Waals surface area contributed by atoms with Crippen LogP contribution in [0, 0.1) is 12.8 Å². The Morgan fingerprint density at radius 1 is 1.25 bits per heavy atom. The van der Waals surface area contributed by atoms with Gasteiger partial charge in [-0.1, -0.05) is 17.7 Å². The molecule has 7 heteroatoms. The van der Waals surface area contributed by atoms with Gasteiger partial charge in [0.25, 0.3) is 5.91 Å². The number of aryl methyl sites for hydroxylation is 1. The van der Waals surface area contributed by atoms with Crippen molar-refractivity contribution in [1.29, 1.82) is 0 Å². The van der Waals surface area contributed by atoms with E-state index in [-0.39, 0.29) is 30.1 Å². The maximum absolute atomic E-state index is 12.8. The van der Waals surface area contributed by atoms with Crippen LogP contribution in [0.2, 0.25) is 5.02 Å². The van der Waals surface area contributed by atoms with Crippen LogP contribution in [0.1, 0.15) is 24.8 Å². The molecule has 0 aliphatic carbocycles. The van der Waals surface area contributed by atoms with Gasteiger partial charge in [-0.2, -0.15) is 0 Å². The zero-order valence-corrected chi connectivity index (χ0v) is 14.3. The Balaban J connectivity index is 1.76. The molecule has 2 N–H and O–H groups in total. The molecule has 1 aromatic rings. The zero-order chi connectivity index (χ0) is 17.4. The lowest BCUT2D eigenvalue weighted by molar-refractivity contribution is -0.124. The van der Waals surface area contributed by atoms with Gasteiger partial charge in [0, 0.05) is 5.92 Å². The van der Waals surface area contributed by atoms with Crippen LogP contribution in [0.5, 0.6) is 0 Å². The average Bonchev–Trinajstić information content (AvgIpc) is 2.83. The Bertz CT molecular complexity index is 698. The van der Waals surface area contributed by atoms with Gasteiger partial charge in [0.1, 0.15) is 0 Å². The van der Waals surface area contributed by atoms with Crippen LogP contribution in [0.25, 0.3) is 0 Å². The molecule has 0 aromatic heterocycles. The minimum Gasteiger partial charge on any atom is -0.369 e. The Morgan fingerprint density at radius 2 is 1.92 bits per heavy atom. The molecule has 24 heavy (non-hydrogen) atoms. The number of hydrogen-bond donors (Lipinski definition) is 1. The van der Waals surface area contributed by atoms with Crippen molar-refractivity contribution in [3.63, 3.8) is 0 Å². The zero-order valence-electron chi connectivity index (χ0n) is 13.5. The Labute approximate surface area is 145 Å². The summed E-state index contributed by atoms with van der Waals surface area (Å²) in [5, 5.41) is 0.393. The number of imide groups is 1. The second kappa shape index (κ2) is 6.53. The van der Waals surface area contributed by atoms with Crippen LogP contribution in [0.15, 0.2) is 18.2 Å². The maximum Gasteiger partial charge on any atom is 0.251 e. The summed E-state index contributed by atoms with van der Waals surface area (Å²) in [5.41, 5.74) is 6.74. The Hall–Kier alpha value is -1.92. The smallest absolute Gasteiger partial charge is 0.251 e. The molecule has 2 fully saturated rings. The second-order valence-corrected chi connectivity index (χ2v) is 6.86. The third kappa shape index (κ3) is 3.03. The van der Waals surface area contributed by atoms with E-state index in [4.69, 9.17) is 17.3 Å². The number of carbonyl (C=O) groups excluding carboxylic acids is 3. The molecular formula is C17H20ClN3O3. The molecule has 0 bridgehead atoms. The third-order valence-electron chi connectivity index (χ3n) is 4.84. The van der Waals surface area contributed by atoms with E-state index in [9.17, 15) is 14.4 Å². The monoisotopic (exact) mass is 349 g/mol. The number of rotatable bonds is 3. The van der Waals surface area contributed by atoms with Crippen molar-refractivity contribution in [1.82, 2.24) is 4.90 Å². The number of primary amides is 1. The quantitative estimate of drug-likeness (QED) is 0.838. The summed E-state index contributed by atoms with van der Waals surface area (Å²) >= 11 is 6.22. The number of anilines is 1. The molecule has 1 aromatic carbocycles. The lowest BCUT2D eigenvalue weighted by atomic mass is 9.95. The highest BCUT2D eigenvalue weighted by molar-refractivity contribution is 6.36. The van der Waals surface area contributed by atoms with Crippen molar-refractivity contribution in [2.24, 2.45) is 11.7 Å². The van der Waals surface area contributed by atoms with E-state index < -0.39 is 6.04 Å². The normalized spacial score (nSPS) is 23.1. The molecule has 6 nitrogen and oxygen atoms in total. The van der Waals surface area contributed by atoms with Gasteiger partial charge in [0.05, 0.1) is 23.2 Å². The van der Waals surface area contributed by atoms with Gasteiger partial charge in [-0.3, -0.25) is 19.3 Å². The minimum absolute atomic E-state index is 0.142. The van der Waals surface area contributed by atoms with Crippen molar-refractivity contribution >= 4 is 35.0 Å². The van der Waals surface area contributed by atoms with E-state index >= 15 is 0 Å². The van der Waals surface area contributed by atoms with Crippen LogP contribution in [-0.2, 0) is 14.4 Å². The van der Waals surface area contributed by atoms with Gasteiger partial charge < -0.3 is 5.73 Å². The lowest BCUT2D eigenvalue weighted by Crippen LogP contribution is -2.47. The number of piperidine rings is 1. The fourth-order valence-electron chi connectivity index (χ4n) is 3.44. The number of nitrogens with two attached hydrogens (primary N) is 1. The first kappa shape index (κ1) is 16.9. The largest absolute Gasteiger partial charge is 0.369 e. The second-order valence-electron chi connectivity index (χ2n) is 6.45. The molecule has 3 rings (SSSR count). The van der Waals surface area contributed by atoms with E-state index in [1.54, 1.807) is 12.1 Å². The first-order valence-electron chi connectivity index (χ1n) is 8.05. The third-order valence-corrected chi connectivity index (χ3v) is 5.14. The number of likely N-dealkylation sites (tertiary alicyclic amines) is 1. The number of benzene rings is 1. The number of amides is 3. The molecule has 2 aliphatic heterocycles. The van der Waals surface area contributed by atoms with E-state index in [0.717, 1.165) is 5.56 Å². The van der Waals surface area contributed by atoms with Crippen molar-refractivity contribution in [3.8, 4) is 0 Å². The molecular weight excluding hydrogens is 330 g/mol. The van der Waals surface area contributed by atoms with Gasteiger partial charge in [0.2, 0.25) is 11.8 Å². The SMILES string of the molecule is Cc1ccc(N2C(=O)C[C@H](N3CCC(C(N)=O)CC3)C2=O)c(Cl)c1. The first-order valence-corrected chi connectivity index (χ1v) is 8.42. The van der Waals surface area contributed by atoms with Gasteiger partial charge in [-0.05, 0) is 50.6 Å². The Kier molecular flexibility index (Phi) is 4.60. The summed E-state index contributed by atoms with van der Waals surface area (Å²) in [6.07, 6.45) is 1.39. The van der Waals surface area contributed by atoms with Crippen molar-refractivity contribution in [2.75, 3.05) is 18.0 Å². The van der Waals surface area contributed by atoms with Crippen molar-refractivity contribution in [3.05, 3.63) is 28.8 Å². The van der Waals surface area contributed by atoms with E-state index in [2.05, 4.69) is 0 Å². The molecule has 0 unspecified atom stereocenters. The maximum atomic E-state index is 12.8. The fraction of sp³-hybridized carbons (Fsp3) is 0.471. The summed E-state index contributed by atoms with van der Waals surface area (Å²) < 4.78 is 0. The fourth-order valence-corrected chi connectivity index (χ4v) is 3.76. The number of hydrogen-bond acceptors (Lipinski definition) is 4. The number of nitrogens with zero attached hydrogens (tertiary/aromatic N) is 2. The summed E-state index contributed by atoms with van der Waals surface area (Å²) in [7, 11) is 0. The van der Waals surface area contributed by atoms with E-state index in [0.29, 0.717) is 36.6 Å². The molecule has 2 saturated heterocycles. The predicted octanol–water partition coefficient (Wildman–Crippen LogP) is 1.48. The van der Waals surface area contributed by atoms with Crippen molar-refractivity contribution < 1.29 is 14.4 Å². The highest BCUT2D eigenvalue weighted by Crippen LogP contribution is 2.33. The number of carbonyl (C=O) groups is 3. The first-order chi connectivity index (χ1) is 11.4. The summed E-state index contributed by atoms with van der Waals surface area (Å²) in [4.78, 5) is 39.6. The van der Waals surface area contributed by atoms with E-state index in [1.165, 1.54) is 4.90 Å². The molecule has 3 amide bonds. The van der Waals surface area contributed by atoms with Crippen LogP contribution in [0.4, 0.5) is 5.69 Å². The van der Waals surface area contributed by atoms with Crippen LogP contribution >= 0.6 is 11.6 Å². The molecule has 0 radical (unpaired) electrons. The van der Waals surface area contributed by atoms with Crippen molar-refractivity contribution in [2.45, 2.75) is 32.2 Å². The van der Waals surface area contributed by atoms with Crippen LogP contribution in [-0.4, -0.2) is 41.8 Å². The predicted molar refractivity (Wildman–Crippen MR) is 90.6 cm³/mol. The molecule has 2 heterocycles. The van der Waals surface area contributed by atoms with Gasteiger partial charge in [-0.15, -0.1) is 0 Å². The minimum atomic E-state index is -0.483. The standard InChI is InChI=1S/C17H20ClN3O3/c1-10-2-3-13(12(18)8-10)21-15(22)9-14(17(21)24)20-6-4-11(5-7-20)16(19)23/h2-3,8,11,14H,4-7,9H2,1H3,(H2,19,23)/t14-/m0/s1. The topological polar surface area (TPSA) is 83.7 Å². The van der Waals surface area contributed by atoms with Gasteiger partial charge in [-0.25, -0.2) is 4.90 Å². The molecule has 128 valence electrons. The Morgan fingerprint density at radius 3 is 2.50 bits per heavy atom. The molecule has 0 saturated carbocycles. The molecule has 1 atom stereocenters. The number of halogens is 1. The average molecular weight is 350 g/mol. The summed E-state index contributed by atoms with van der Waals surface area (Å²) in [6.45, 7) is 3.08. The highest BCUT2D eigenvalue weighted by atomic mass is 35.5. The molecule has 2 aliphatic rings. The summed E-state index contributed by atoms with van der Waals surface area (Å²) in [5.74, 6) is -0.927.